The van der Waals surface area contributed by atoms with Gasteiger partial charge in [0.25, 0.3) is 0 Å². The van der Waals surface area contributed by atoms with Crippen molar-refractivity contribution in [3.63, 3.8) is 0 Å². The highest BCUT2D eigenvalue weighted by atomic mass is 79.9. The van der Waals surface area contributed by atoms with Gasteiger partial charge in [-0.15, -0.1) is 0 Å². The van der Waals surface area contributed by atoms with Gasteiger partial charge in [0, 0.05) is 4.47 Å². The summed E-state index contributed by atoms with van der Waals surface area (Å²) in [5.41, 5.74) is 11.1. The molecule has 0 aromatic heterocycles. The zero-order valence-corrected chi connectivity index (χ0v) is 11.7. The molecule has 0 aliphatic carbocycles. The highest BCUT2D eigenvalue weighted by Gasteiger charge is 2.13. The second kappa shape index (κ2) is 5.03. The van der Waals surface area contributed by atoms with E-state index in [1.807, 2.05) is 12.1 Å². The average molecular weight is 290 g/mol. The smallest absolute Gasteiger partial charge is 0.0565 e. The van der Waals surface area contributed by atoms with Gasteiger partial charge in [-0.05, 0) is 42.2 Å². The van der Waals surface area contributed by atoms with Crippen LogP contribution in [0.15, 0.2) is 46.9 Å². The van der Waals surface area contributed by atoms with E-state index in [2.05, 4.69) is 60.1 Å². The van der Waals surface area contributed by atoms with E-state index in [1.54, 1.807) is 0 Å². The van der Waals surface area contributed by atoms with E-state index in [4.69, 9.17) is 5.73 Å². The molecule has 1 atom stereocenters. The normalized spacial score (nSPS) is 12.5. The molecule has 0 radical (unpaired) electrons. The molecule has 0 saturated heterocycles. The van der Waals surface area contributed by atoms with E-state index >= 15 is 0 Å². The van der Waals surface area contributed by atoms with Crippen LogP contribution in [0.4, 0.5) is 0 Å². The third-order valence-corrected chi connectivity index (χ3v) is 3.70. The van der Waals surface area contributed by atoms with Gasteiger partial charge in [0.2, 0.25) is 0 Å². The van der Waals surface area contributed by atoms with Crippen LogP contribution in [0.2, 0.25) is 0 Å². The molecule has 2 N–H and O–H groups in total. The Morgan fingerprint density at radius 2 is 1.71 bits per heavy atom. The second-order valence-electron chi connectivity index (χ2n) is 4.36. The standard InChI is InChI=1S/C15H16BrN/c1-10-7-8-13(14(16)9-10)15(17)12-6-4-3-5-11(12)2/h3-9,15H,17H2,1-2H3. The van der Waals surface area contributed by atoms with Gasteiger partial charge in [0.15, 0.2) is 0 Å². The van der Waals surface area contributed by atoms with Crippen LogP contribution in [0, 0.1) is 13.8 Å². The third-order valence-electron chi connectivity index (χ3n) is 3.01. The van der Waals surface area contributed by atoms with Crippen molar-refractivity contribution in [1.82, 2.24) is 0 Å². The van der Waals surface area contributed by atoms with Gasteiger partial charge in [0.05, 0.1) is 6.04 Å². The number of aryl methyl sites for hydroxylation is 2. The van der Waals surface area contributed by atoms with Crippen LogP contribution in [-0.4, -0.2) is 0 Å². The monoisotopic (exact) mass is 289 g/mol. The van der Waals surface area contributed by atoms with Gasteiger partial charge < -0.3 is 5.73 Å². The fraction of sp³-hybridized carbons (Fsp3) is 0.200. The molecule has 0 heterocycles. The molecule has 0 bridgehead atoms. The van der Waals surface area contributed by atoms with Crippen LogP contribution in [0.3, 0.4) is 0 Å². The first-order valence-corrected chi connectivity index (χ1v) is 6.46. The Labute approximate surface area is 111 Å². The molecule has 2 rings (SSSR count). The van der Waals surface area contributed by atoms with E-state index in [9.17, 15) is 0 Å². The predicted octanol–water partition coefficient (Wildman–Crippen LogP) is 4.11. The van der Waals surface area contributed by atoms with Crippen molar-refractivity contribution in [3.05, 3.63) is 69.2 Å². The quantitative estimate of drug-likeness (QED) is 0.884. The molecule has 0 amide bonds. The molecule has 2 heteroatoms. The molecule has 0 aliphatic heterocycles. The molecule has 1 unspecified atom stereocenters. The van der Waals surface area contributed by atoms with E-state index in [0.29, 0.717) is 0 Å². The van der Waals surface area contributed by atoms with Crippen LogP contribution < -0.4 is 5.73 Å². The maximum atomic E-state index is 6.34. The molecular weight excluding hydrogens is 274 g/mol. The average Bonchev–Trinajstić information content (AvgIpc) is 2.29. The Kier molecular flexibility index (Phi) is 3.65. The molecule has 2 aromatic rings. The molecular formula is C15H16BrN. The van der Waals surface area contributed by atoms with Crippen molar-refractivity contribution in [3.8, 4) is 0 Å². The predicted molar refractivity (Wildman–Crippen MR) is 76.1 cm³/mol. The van der Waals surface area contributed by atoms with Crippen LogP contribution in [0.25, 0.3) is 0 Å². The van der Waals surface area contributed by atoms with Gasteiger partial charge in [-0.1, -0.05) is 52.3 Å². The van der Waals surface area contributed by atoms with Crippen molar-refractivity contribution >= 4 is 15.9 Å². The number of nitrogens with two attached hydrogens (primary N) is 1. The van der Waals surface area contributed by atoms with E-state index in [0.717, 1.165) is 10.0 Å². The second-order valence-corrected chi connectivity index (χ2v) is 5.21. The summed E-state index contributed by atoms with van der Waals surface area (Å²) in [6.07, 6.45) is 0. The Morgan fingerprint density at radius 1 is 1.00 bits per heavy atom. The highest BCUT2D eigenvalue weighted by Crippen LogP contribution is 2.29. The van der Waals surface area contributed by atoms with Crippen molar-refractivity contribution in [2.45, 2.75) is 19.9 Å². The summed E-state index contributed by atoms with van der Waals surface area (Å²) in [5, 5.41) is 0. The molecule has 17 heavy (non-hydrogen) atoms. The lowest BCUT2D eigenvalue weighted by atomic mass is 9.95. The minimum Gasteiger partial charge on any atom is -0.320 e. The van der Waals surface area contributed by atoms with Crippen LogP contribution >= 0.6 is 15.9 Å². The maximum Gasteiger partial charge on any atom is 0.0565 e. The summed E-state index contributed by atoms with van der Waals surface area (Å²) in [7, 11) is 0. The molecule has 0 saturated carbocycles. The Morgan fingerprint density at radius 3 is 2.35 bits per heavy atom. The van der Waals surface area contributed by atoms with Crippen molar-refractivity contribution in [1.29, 1.82) is 0 Å². The maximum absolute atomic E-state index is 6.34. The summed E-state index contributed by atoms with van der Waals surface area (Å²) >= 11 is 3.59. The van der Waals surface area contributed by atoms with E-state index in [1.165, 1.54) is 16.7 Å². The van der Waals surface area contributed by atoms with Gasteiger partial charge >= 0.3 is 0 Å². The largest absolute Gasteiger partial charge is 0.320 e. The summed E-state index contributed by atoms with van der Waals surface area (Å²) in [4.78, 5) is 0. The number of hydrogen-bond acceptors (Lipinski definition) is 1. The number of benzene rings is 2. The first kappa shape index (κ1) is 12.3. The fourth-order valence-corrected chi connectivity index (χ4v) is 2.73. The van der Waals surface area contributed by atoms with E-state index in [-0.39, 0.29) is 6.04 Å². The zero-order chi connectivity index (χ0) is 12.4. The van der Waals surface area contributed by atoms with Crippen molar-refractivity contribution in [2.75, 3.05) is 0 Å². The molecule has 88 valence electrons. The first-order chi connectivity index (χ1) is 8.09. The van der Waals surface area contributed by atoms with Gasteiger partial charge in [-0.3, -0.25) is 0 Å². The topological polar surface area (TPSA) is 26.0 Å². The summed E-state index contributed by atoms with van der Waals surface area (Å²) in [6, 6.07) is 14.5. The lowest BCUT2D eigenvalue weighted by Gasteiger charge is -2.17. The Bertz CT molecular complexity index is 534. The lowest BCUT2D eigenvalue weighted by molar-refractivity contribution is 0.855. The molecule has 0 spiro atoms. The van der Waals surface area contributed by atoms with Gasteiger partial charge in [-0.2, -0.15) is 0 Å². The SMILES string of the molecule is Cc1ccc(C(N)c2ccccc2C)c(Br)c1. The summed E-state index contributed by atoms with van der Waals surface area (Å²) < 4.78 is 1.08. The molecule has 0 fully saturated rings. The van der Waals surface area contributed by atoms with Crippen LogP contribution in [0.1, 0.15) is 28.3 Å². The number of hydrogen-bond donors (Lipinski definition) is 1. The molecule has 0 aliphatic rings. The van der Waals surface area contributed by atoms with Gasteiger partial charge in [0.1, 0.15) is 0 Å². The van der Waals surface area contributed by atoms with E-state index < -0.39 is 0 Å². The Balaban J connectivity index is 2.44. The van der Waals surface area contributed by atoms with Crippen molar-refractivity contribution in [2.24, 2.45) is 5.73 Å². The summed E-state index contributed by atoms with van der Waals surface area (Å²) in [6.45, 7) is 4.17. The first-order valence-electron chi connectivity index (χ1n) is 5.67. The number of rotatable bonds is 2. The zero-order valence-electron chi connectivity index (χ0n) is 10.1. The number of halogens is 1. The fourth-order valence-electron chi connectivity index (χ4n) is 1.99. The molecule has 1 nitrogen and oxygen atoms in total. The minimum absolute atomic E-state index is 0.0776. The third kappa shape index (κ3) is 2.59. The summed E-state index contributed by atoms with van der Waals surface area (Å²) in [5.74, 6) is 0. The Hall–Kier alpha value is -1.12. The van der Waals surface area contributed by atoms with Crippen LogP contribution in [-0.2, 0) is 0 Å². The lowest BCUT2D eigenvalue weighted by Crippen LogP contribution is -2.13. The highest BCUT2D eigenvalue weighted by molar-refractivity contribution is 9.10. The minimum atomic E-state index is -0.0776. The van der Waals surface area contributed by atoms with Gasteiger partial charge in [-0.25, -0.2) is 0 Å². The van der Waals surface area contributed by atoms with Crippen LogP contribution in [0.5, 0.6) is 0 Å². The molecule has 2 aromatic carbocycles. The van der Waals surface area contributed by atoms with Crippen molar-refractivity contribution < 1.29 is 0 Å².